The van der Waals surface area contributed by atoms with Gasteiger partial charge in [-0.2, -0.15) is 13.2 Å². The number of carbonyl (C=O) groups excluding carboxylic acids is 1. The van der Waals surface area contributed by atoms with Crippen LogP contribution in [0.1, 0.15) is 46.5 Å². The number of hydrogen-bond acceptors (Lipinski definition) is 3. The molecule has 0 aromatic heterocycles. The van der Waals surface area contributed by atoms with Gasteiger partial charge in [-0.3, -0.25) is 4.79 Å². The van der Waals surface area contributed by atoms with Gasteiger partial charge < -0.3 is 9.84 Å². The average Bonchev–Trinajstić information content (AvgIpc) is 2.29. The fraction of sp³-hybridized carbons (Fsp3) is 0.833. The van der Waals surface area contributed by atoms with Crippen LogP contribution in [0.5, 0.6) is 0 Å². The van der Waals surface area contributed by atoms with E-state index in [1.807, 2.05) is 13.8 Å². The fourth-order valence-electron chi connectivity index (χ4n) is 1.10. The van der Waals surface area contributed by atoms with Gasteiger partial charge in [0.1, 0.15) is 0 Å². The van der Waals surface area contributed by atoms with Gasteiger partial charge in [-0.25, -0.2) is 4.79 Å². The Balaban J connectivity index is 0. The van der Waals surface area contributed by atoms with Gasteiger partial charge in [0, 0.05) is 0 Å². The molecule has 7 heteroatoms. The van der Waals surface area contributed by atoms with Crippen LogP contribution in [-0.4, -0.2) is 29.8 Å². The van der Waals surface area contributed by atoms with Crippen LogP contribution in [0.15, 0.2) is 0 Å². The van der Waals surface area contributed by atoms with E-state index in [1.54, 1.807) is 0 Å². The first kappa shape index (κ1) is 20.1. The Hall–Kier alpha value is -1.27. The second-order valence-corrected chi connectivity index (χ2v) is 3.95. The second-order valence-electron chi connectivity index (χ2n) is 3.95. The van der Waals surface area contributed by atoms with Crippen molar-refractivity contribution in [3.8, 4) is 0 Å². The highest BCUT2D eigenvalue weighted by atomic mass is 19.4. The number of unbranched alkanes of at least 4 members (excludes halogenated alkanes) is 2. The van der Waals surface area contributed by atoms with Gasteiger partial charge in [0.2, 0.25) is 0 Å². The minimum Gasteiger partial charge on any atom is -0.475 e. The van der Waals surface area contributed by atoms with Gasteiger partial charge in [0.05, 0.1) is 12.5 Å². The topological polar surface area (TPSA) is 63.6 Å². The van der Waals surface area contributed by atoms with E-state index in [9.17, 15) is 18.0 Å². The minimum atomic E-state index is -5.08. The van der Waals surface area contributed by atoms with Gasteiger partial charge in [0.15, 0.2) is 0 Å². The SMILES string of the molecule is CCCCCC(C)C(=O)OCC.O=C(O)C(F)(F)F. The number of ether oxygens (including phenoxy) is 1. The average molecular weight is 286 g/mol. The lowest BCUT2D eigenvalue weighted by molar-refractivity contribution is -0.192. The molecule has 0 spiro atoms. The van der Waals surface area contributed by atoms with Crippen LogP contribution in [0.4, 0.5) is 13.2 Å². The van der Waals surface area contributed by atoms with Crippen LogP contribution >= 0.6 is 0 Å². The third-order valence-electron chi connectivity index (χ3n) is 2.17. The molecule has 0 aromatic rings. The van der Waals surface area contributed by atoms with Crippen molar-refractivity contribution >= 4 is 11.9 Å². The van der Waals surface area contributed by atoms with Crippen molar-refractivity contribution in [3.05, 3.63) is 0 Å². The van der Waals surface area contributed by atoms with Crippen molar-refractivity contribution in [1.82, 2.24) is 0 Å². The van der Waals surface area contributed by atoms with Crippen LogP contribution in [-0.2, 0) is 14.3 Å². The molecule has 114 valence electrons. The lowest BCUT2D eigenvalue weighted by atomic mass is 10.0. The molecule has 0 saturated carbocycles. The number of carboxylic acid groups (broad SMARTS) is 1. The van der Waals surface area contributed by atoms with Crippen molar-refractivity contribution in [1.29, 1.82) is 0 Å². The van der Waals surface area contributed by atoms with Crippen LogP contribution in [0.3, 0.4) is 0 Å². The third kappa shape index (κ3) is 13.0. The molecule has 1 atom stereocenters. The number of carboxylic acids is 1. The highest BCUT2D eigenvalue weighted by Gasteiger charge is 2.38. The summed E-state index contributed by atoms with van der Waals surface area (Å²) in [6.07, 6.45) is -0.567. The molecule has 0 aliphatic rings. The van der Waals surface area contributed by atoms with Gasteiger partial charge in [-0.05, 0) is 13.3 Å². The summed E-state index contributed by atoms with van der Waals surface area (Å²) in [6, 6.07) is 0. The lowest BCUT2D eigenvalue weighted by Gasteiger charge is -2.09. The monoisotopic (exact) mass is 286 g/mol. The fourth-order valence-corrected chi connectivity index (χ4v) is 1.10. The van der Waals surface area contributed by atoms with Gasteiger partial charge in [0.25, 0.3) is 0 Å². The van der Waals surface area contributed by atoms with E-state index in [1.165, 1.54) is 12.8 Å². The van der Waals surface area contributed by atoms with Crippen molar-refractivity contribution in [2.45, 2.75) is 52.6 Å². The van der Waals surface area contributed by atoms with Crippen molar-refractivity contribution in [3.63, 3.8) is 0 Å². The number of alkyl halides is 3. The summed E-state index contributed by atoms with van der Waals surface area (Å²) in [5.41, 5.74) is 0. The van der Waals surface area contributed by atoms with Crippen LogP contribution in [0.2, 0.25) is 0 Å². The first-order chi connectivity index (χ1) is 8.66. The van der Waals surface area contributed by atoms with Crippen LogP contribution < -0.4 is 0 Å². The summed E-state index contributed by atoms with van der Waals surface area (Å²) in [7, 11) is 0. The first-order valence-electron chi connectivity index (χ1n) is 6.13. The molecule has 0 aliphatic carbocycles. The summed E-state index contributed by atoms with van der Waals surface area (Å²) in [6.45, 7) is 6.44. The zero-order valence-corrected chi connectivity index (χ0v) is 11.4. The van der Waals surface area contributed by atoms with Crippen LogP contribution in [0, 0.1) is 5.92 Å². The Bertz CT molecular complexity index is 264. The largest absolute Gasteiger partial charge is 0.490 e. The Kier molecular flexibility index (Phi) is 11.2. The zero-order chi connectivity index (χ0) is 15.5. The smallest absolute Gasteiger partial charge is 0.475 e. The van der Waals surface area contributed by atoms with Gasteiger partial charge in [-0.15, -0.1) is 0 Å². The summed E-state index contributed by atoms with van der Waals surface area (Å²) in [5, 5.41) is 7.12. The normalized spacial score (nSPS) is 12.1. The molecule has 0 bridgehead atoms. The second kappa shape index (κ2) is 10.6. The molecule has 0 amide bonds. The van der Waals surface area contributed by atoms with E-state index in [0.29, 0.717) is 6.61 Å². The predicted octanol–water partition coefficient (Wildman–Crippen LogP) is 3.40. The van der Waals surface area contributed by atoms with Crippen LogP contribution in [0.25, 0.3) is 0 Å². The van der Waals surface area contributed by atoms with Crippen molar-refractivity contribution in [2.24, 2.45) is 5.92 Å². The first-order valence-corrected chi connectivity index (χ1v) is 6.13. The lowest BCUT2D eigenvalue weighted by Crippen LogP contribution is -2.21. The molecular weight excluding hydrogens is 265 g/mol. The highest BCUT2D eigenvalue weighted by molar-refractivity contribution is 5.73. The summed E-state index contributed by atoms with van der Waals surface area (Å²) in [5.74, 6) is -2.72. The number of halogens is 3. The number of carbonyl (C=O) groups is 2. The quantitative estimate of drug-likeness (QED) is 0.600. The minimum absolute atomic E-state index is 0.0476. The molecule has 0 aliphatic heterocycles. The van der Waals surface area contributed by atoms with E-state index in [4.69, 9.17) is 14.6 Å². The molecule has 0 fully saturated rings. The maximum Gasteiger partial charge on any atom is 0.490 e. The maximum atomic E-state index is 11.1. The molecule has 1 N–H and O–H groups in total. The Morgan fingerprint density at radius 1 is 1.21 bits per heavy atom. The number of esters is 1. The number of aliphatic carboxylic acids is 1. The summed E-state index contributed by atoms with van der Waals surface area (Å²) < 4.78 is 36.6. The van der Waals surface area contributed by atoms with Gasteiger partial charge in [-0.1, -0.05) is 33.1 Å². The van der Waals surface area contributed by atoms with E-state index in [2.05, 4.69) is 6.92 Å². The maximum absolute atomic E-state index is 11.1. The highest BCUT2D eigenvalue weighted by Crippen LogP contribution is 2.13. The summed E-state index contributed by atoms with van der Waals surface area (Å²) in [4.78, 5) is 20.0. The molecular formula is C12H21F3O4. The zero-order valence-electron chi connectivity index (χ0n) is 11.4. The van der Waals surface area contributed by atoms with Gasteiger partial charge >= 0.3 is 18.1 Å². The number of rotatable bonds is 6. The van der Waals surface area contributed by atoms with E-state index >= 15 is 0 Å². The van der Waals surface area contributed by atoms with Crippen molar-refractivity contribution in [2.75, 3.05) is 6.61 Å². The molecule has 0 rings (SSSR count). The standard InChI is InChI=1S/C10H20O2.C2HF3O2/c1-4-6-7-8-9(3)10(11)12-5-2;3-2(4,5)1(6)7/h9H,4-8H2,1-3H3;(H,6,7). The molecule has 0 saturated heterocycles. The molecule has 1 unspecified atom stereocenters. The Morgan fingerprint density at radius 2 is 1.68 bits per heavy atom. The Labute approximate surface area is 110 Å². The van der Waals surface area contributed by atoms with E-state index in [0.717, 1.165) is 12.8 Å². The van der Waals surface area contributed by atoms with E-state index < -0.39 is 12.1 Å². The molecule has 0 heterocycles. The molecule has 0 radical (unpaired) electrons. The Morgan fingerprint density at radius 3 is 2.00 bits per heavy atom. The summed E-state index contributed by atoms with van der Waals surface area (Å²) >= 11 is 0. The number of hydrogen-bond donors (Lipinski definition) is 1. The third-order valence-corrected chi connectivity index (χ3v) is 2.17. The predicted molar refractivity (Wildman–Crippen MR) is 63.6 cm³/mol. The molecule has 19 heavy (non-hydrogen) atoms. The molecule has 0 aromatic carbocycles. The molecule has 4 nitrogen and oxygen atoms in total. The van der Waals surface area contributed by atoms with Crippen molar-refractivity contribution < 1.29 is 32.6 Å². The van der Waals surface area contributed by atoms with E-state index in [-0.39, 0.29) is 11.9 Å².